The standard InChI is InChI=1S/C19H32ClN3O2/c1-3-4-5-6-7-8-9-10-11-12-13-14-17(24)22-19-21-16(20)15-18(23-19)25-2/h15H,3-14H2,1-2H3,(H,21,22,23,24). The van der Waals surface area contributed by atoms with Crippen molar-refractivity contribution in [3.05, 3.63) is 11.2 Å². The molecule has 25 heavy (non-hydrogen) atoms. The summed E-state index contributed by atoms with van der Waals surface area (Å²) in [5.41, 5.74) is 0. The number of unbranched alkanes of at least 4 members (excludes halogenated alkanes) is 10. The molecule has 0 saturated heterocycles. The van der Waals surface area contributed by atoms with E-state index < -0.39 is 0 Å². The number of rotatable bonds is 14. The molecule has 1 N–H and O–H groups in total. The number of aromatic nitrogens is 2. The van der Waals surface area contributed by atoms with E-state index >= 15 is 0 Å². The van der Waals surface area contributed by atoms with Gasteiger partial charge in [-0.2, -0.15) is 4.98 Å². The number of halogens is 1. The second kappa shape index (κ2) is 13.9. The van der Waals surface area contributed by atoms with Gasteiger partial charge in [-0.1, -0.05) is 82.7 Å². The number of ether oxygens (including phenoxy) is 1. The fraction of sp³-hybridized carbons (Fsp3) is 0.737. The molecule has 5 nitrogen and oxygen atoms in total. The second-order valence-corrected chi connectivity index (χ2v) is 6.78. The minimum Gasteiger partial charge on any atom is -0.481 e. The van der Waals surface area contributed by atoms with Gasteiger partial charge in [0, 0.05) is 12.5 Å². The van der Waals surface area contributed by atoms with Crippen molar-refractivity contribution in [2.45, 2.75) is 84.0 Å². The molecule has 1 amide bonds. The first-order chi connectivity index (χ1) is 12.2. The quantitative estimate of drug-likeness (QED) is 0.333. The molecule has 0 aromatic carbocycles. The van der Waals surface area contributed by atoms with Crippen molar-refractivity contribution in [3.63, 3.8) is 0 Å². The van der Waals surface area contributed by atoms with Crippen LogP contribution in [0.5, 0.6) is 5.88 Å². The van der Waals surface area contributed by atoms with Crippen LogP contribution in [0, 0.1) is 0 Å². The molecule has 0 unspecified atom stereocenters. The third-order valence-electron chi connectivity index (χ3n) is 4.14. The maximum Gasteiger partial charge on any atom is 0.234 e. The van der Waals surface area contributed by atoms with Crippen LogP contribution in [0.2, 0.25) is 5.15 Å². The van der Waals surface area contributed by atoms with Crippen LogP contribution in [-0.4, -0.2) is 23.0 Å². The summed E-state index contributed by atoms with van der Waals surface area (Å²) in [5.74, 6) is 0.447. The Hall–Kier alpha value is -1.36. The van der Waals surface area contributed by atoms with Crippen molar-refractivity contribution < 1.29 is 9.53 Å². The van der Waals surface area contributed by atoms with Crippen LogP contribution in [0.15, 0.2) is 6.07 Å². The summed E-state index contributed by atoms with van der Waals surface area (Å²) in [6.45, 7) is 2.25. The molecular weight excluding hydrogens is 338 g/mol. The lowest BCUT2D eigenvalue weighted by atomic mass is 10.1. The van der Waals surface area contributed by atoms with Gasteiger partial charge in [-0.25, -0.2) is 4.98 Å². The molecule has 1 heterocycles. The average Bonchev–Trinajstić information content (AvgIpc) is 2.59. The molecular formula is C19H32ClN3O2. The Labute approximate surface area is 156 Å². The van der Waals surface area contributed by atoms with Gasteiger partial charge >= 0.3 is 0 Å². The number of carbonyl (C=O) groups is 1. The van der Waals surface area contributed by atoms with Crippen LogP contribution in [0.1, 0.15) is 84.0 Å². The Balaban J connectivity index is 2.03. The van der Waals surface area contributed by atoms with Crippen LogP contribution < -0.4 is 10.1 Å². The van der Waals surface area contributed by atoms with Gasteiger partial charge in [0.05, 0.1) is 7.11 Å². The number of nitrogens with zero attached hydrogens (tertiary/aromatic N) is 2. The summed E-state index contributed by atoms with van der Waals surface area (Å²) >= 11 is 5.85. The number of hydrogen-bond donors (Lipinski definition) is 1. The van der Waals surface area contributed by atoms with Crippen molar-refractivity contribution in [2.75, 3.05) is 12.4 Å². The molecule has 0 radical (unpaired) electrons. The molecule has 0 aliphatic heterocycles. The van der Waals surface area contributed by atoms with E-state index in [1.807, 2.05) is 0 Å². The highest BCUT2D eigenvalue weighted by Gasteiger charge is 2.07. The SMILES string of the molecule is CCCCCCCCCCCCCC(=O)Nc1nc(Cl)cc(OC)n1. The Morgan fingerprint density at radius 3 is 2.12 bits per heavy atom. The highest BCUT2D eigenvalue weighted by Crippen LogP contribution is 2.16. The molecule has 0 aliphatic rings. The minimum absolute atomic E-state index is 0.0831. The highest BCUT2D eigenvalue weighted by atomic mass is 35.5. The molecule has 1 aromatic heterocycles. The number of nitrogens with one attached hydrogen (secondary N) is 1. The zero-order valence-electron chi connectivity index (χ0n) is 15.7. The number of carbonyl (C=O) groups excluding carboxylic acids is 1. The first-order valence-corrected chi connectivity index (χ1v) is 9.92. The third kappa shape index (κ3) is 11.0. The van der Waals surface area contributed by atoms with Gasteiger partial charge in [-0.3, -0.25) is 10.1 Å². The minimum atomic E-state index is -0.0831. The van der Waals surface area contributed by atoms with Crippen LogP contribution in [0.25, 0.3) is 0 Å². The Bertz CT molecular complexity index is 498. The molecule has 1 aromatic rings. The van der Waals surface area contributed by atoms with E-state index in [9.17, 15) is 4.79 Å². The van der Waals surface area contributed by atoms with Crippen molar-refractivity contribution in [3.8, 4) is 5.88 Å². The first kappa shape index (κ1) is 21.7. The van der Waals surface area contributed by atoms with Crippen LogP contribution >= 0.6 is 11.6 Å². The van der Waals surface area contributed by atoms with Crippen LogP contribution in [0.4, 0.5) is 5.95 Å². The van der Waals surface area contributed by atoms with E-state index in [4.69, 9.17) is 16.3 Å². The third-order valence-corrected chi connectivity index (χ3v) is 4.33. The lowest BCUT2D eigenvalue weighted by Gasteiger charge is -2.06. The number of amides is 1. The van der Waals surface area contributed by atoms with Gasteiger partial charge in [0.15, 0.2) is 0 Å². The predicted molar refractivity (Wildman–Crippen MR) is 103 cm³/mol. The van der Waals surface area contributed by atoms with Gasteiger partial charge in [0.2, 0.25) is 17.7 Å². The summed E-state index contributed by atoms with van der Waals surface area (Å²) in [7, 11) is 1.50. The Kier molecular flexibility index (Phi) is 12.0. The zero-order valence-corrected chi connectivity index (χ0v) is 16.4. The molecule has 0 spiro atoms. The lowest BCUT2D eigenvalue weighted by Crippen LogP contribution is -2.13. The largest absolute Gasteiger partial charge is 0.481 e. The summed E-state index contributed by atoms with van der Waals surface area (Å²) in [6.07, 6.45) is 14.4. The lowest BCUT2D eigenvalue weighted by molar-refractivity contribution is -0.116. The normalized spacial score (nSPS) is 10.7. The fourth-order valence-electron chi connectivity index (χ4n) is 2.69. The van der Waals surface area contributed by atoms with E-state index in [1.54, 1.807) is 0 Å². The average molecular weight is 370 g/mol. The molecule has 6 heteroatoms. The second-order valence-electron chi connectivity index (χ2n) is 6.39. The smallest absolute Gasteiger partial charge is 0.234 e. The van der Waals surface area contributed by atoms with E-state index in [0.29, 0.717) is 12.3 Å². The number of methoxy groups -OCH3 is 1. The van der Waals surface area contributed by atoms with Crippen LogP contribution in [-0.2, 0) is 4.79 Å². The molecule has 0 atom stereocenters. The fourth-order valence-corrected chi connectivity index (χ4v) is 2.87. The van der Waals surface area contributed by atoms with E-state index in [2.05, 4.69) is 22.2 Å². The molecule has 142 valence electrons. The van der Waals surface area contributed by atoms with E-state index in [0.717, 1.165) is 12.8 Å². The zero-order chi connectivity index (χ0) is 18.3. The molecule has 0 fully saturated rings. The summed E-state index contributed by atoms with van der Waals surface area (Å²) in [6, 6.07) is 1.50. The van der Waals surface area contributed by atoms with E-state index in [-0.39, 0.29) is 17.0 Å². The van der Waals surface area contributed by atoms with Gasteiger partial charge in [0.1, 0.15) is 5.15 Å². The van der Waals surface area contributed by atoms with Crippen molar-refractivity contribution in [2.24, 2.45) is 0 Å². The number of anilines is 1. The molecule has 0 aliphatic carbocycles. The molecule has 0 saturated carbocycles. The van der Waals surface area contributed by atoms with Crippen molar-refractivity contribution in [1.29, 1.82) is 0 Å². The van der Waals surface area contributed by atoms with Crippen molar-refractivity contribution >= 4 is 23.5 Å². The summed E-state index contributed by atoms with van der Waals surface area (Å²) in [5, 5.41) is 2.91. The number of hydrogen-bond acceptors (Lipinski definition) is 4. The summed E-state index contributed by atoms with van der Waals surface area (Å²) < 4.78 is 5.00. The topological polar surface area (TPSA) is 64.1 Å². The predicted octanol–water partition coefficient (Wildman–Crippen LogP) is 5.78. The Morgan fingerprint density at radius 1 is 1.00 bits per heavy atom. The summed E-state index contributed by atoms with van der Waals surface area (Å²) in [4.78, 5) is 19.9. The molecule has 1 rings (SSSR count). The maximum atomic E-state index is 11.9. The maximum absolute atomic E-state index is 11.9. The first-order valence-electron chi connectivity index (χ1n) is 9.54. The van der Waals surface area contributed by atoms with Crippen LogP contribution in [0.3, 0.4) is 0 Å². The highest BCUT2D eigenvalue weighted by molar-refractivity contribution is 6.29. The van der Waals surface area contributed by atoms with Gasteiger partial charge in [-0.15, -0.1) is 0 Å². The van der Waals surface area contributed by atoms with E-state index in [1.165, 1.54) is 71.0 Å². The van der Waals surface area contributed by atoms with Gasteiger partial charge in [0.25, 0.3) is 0 Å². The van der Waals surface area contributed by atoms with Gasteiger partial charge in [-0.05, 0) is 6.42 Å². The molecule has 0 bridgehead atoms. The van der Waals surface area contributed by atoms with Gasteiger partial charge < -0.3 is 4.74 Å². The Morgan fingerprint density at radius 2 is 1.56 bits per heavy atom. The monoisotopic (exact) mass is 369 g/mol. The van der Waals surface area contributed by atoms with Crippen molar-refractivity contribution in [1.82, 2.24) is 9.97 Å².